The second-order valence-electron chi connectivity index (χ2n) is 7.66. The van der Waals surface area contributed by atoms with Crippen molar-refractivity contribution >= 4 is 23.2 Å². The second kappa shape index (κ2) is 8.84. The minimum absolute atomic E-state index is 0.0451. The summed E-state index contributed by atoms with van der Waals surface area (Å²) in [6.45, 7) is 10.1. The van der Waals surface area contributed by atoms with Crippen molar-refractivity contribution in [2.75, 3.05) is 0 Å². The number of amides is 2. The lowest BCUT2D eigenvalue weighted by Gasteiger charge is -2.27. The van der Waals surface area contributed by atoms with Crippen LogP contribution in [-0.4, -0.2) is 17.9 Å². The number of carbonyl (C=O) groups excluding carboxylic acids is 2. The molecule has 2 rings (SSSR count). The third kappa shape index (κ3) is 5.30. The van der Waals surface area contributed by atoms with E-state index in [4.69, 9.17) is 0 Å². The average molecular weight is 365 g/mol. The Kier molecular flexibility index (Phi) is 7.05. The van der Waals surface area contributed by atoms with Gasteiger partial charge in [-0.1, -0.05) is 33.1 Å². The smallest absolute Gasteiger partial charge is 0.243 e. The van der Waals surface area contributed by atoms with Gasteiger partial charge in [0.2, 0.25) is 11.8 Å². The molecule has 1 aromatic rings. The highest BCUT2D eigenvalue weighted by Crippen LogP contribution is 2.27. The van der Waals surface area contributed by atoms with Crippen LogP contribution >= 0.6 is 11.3 Å². The molecule has 25 heavy (non-hydrogen) atoms. The van der Waals surface area contributed by atoms with Gasteiger partial charge in [-0.2, -0.15) is 0 Å². The van der Waals surface area contributed by atoms with Gasteiger partial charge >= 0.3 is 0 Å². The van der Waals surface area contributed by atoms with E-state index in [-0.39, 0.29) is 29.7 Å². The van der Waals surface area contributed by atoms with Crippen molar-refractivity contribution < 1.29 is 9.59 Å². The zero-order valence-corrected chi connectivity index (χ0v) is 17.0. The number of thiophene rings is 1. The highest BCUT2D eigenvalue weighted by Gasteiger charge is 2.29. The topological polar surface area (TPSA) is 58.2 Å². The van der Waals surface area contributed by atoms with Gasteiger partial charge in [-0.05, 0) is 51.2 Å². The highest BCUT2D eigenvalue weighted by molar-refractivity contribution is 7.12. The monoisotopic (exact) mass is 364 g/mol. The summed E-state index contributed by atoms with van der Waals surface area (Å²) in [6, 6.07) is 1.61. The van der Waals surface area contributed by atoms with Crippen LogP contribution in [0, 0.1) is 25.7 Å². The molecule has 1 heterocycles. The number of hydrogen-bond donors (Lipinski definition) is 2. The number of hydrogen-bond acceptors (Lipinski definition) is 3. The summed E-state index contributed by atoms with van der Waals surface area (Å²) in [5.74, 6) is 0.0886. The summed E-state index contributed by atoms with van der Waals surface area (Å²) in [7, 11) is 0. The maximum Gasteiger partial charge on any atom is 0.243 e. The Hall–Kier alpha value is -1.36. The van der Waals surface area contributed by atoms with Gasteiger partial charge in [0, 0.05) is 15.7 Å². The van der Waals surface area contributed by atoms with E-state index in [1.54, 1.807) is 11.3 Å². The molecule has 2 atom stereocenters. The van der Waals surface area contributed by atoms with Crippen LogP contribution in [0.1, 0.15) is 74.2 Å². The van der Waals surface area contributed by atoms with Gasteiger partial charge in [0.25, 0.3) is 0 Å². The fourth-order valence-corrected chi connectivity index (χ4v) is 4.65. The molecule has 1 saturated carbocycles. The molecule has 140 valence electrons. The van der Waals surface area contributed by atoms with Crippen molar-refractivity contribution in [1.82, 2.24) is 10.6 Å². The largest absolute Gasteiger partial charge is 0.348 e. The van der Waals surface area contributed by atoms with Gasteiger partial charge in [0.15, 0.2) is 0 Å². The molecule has 0 aliphatic heterocycles. The fourth-order valence-electron chi connectivity index (χ4n) is 3.63. The quantitative estimate of drug-likeness (QED) is 0.792. The van der Waals surface area contributed by atoms with Crippen molar-refractivity contribution in [2.24, 2.45) is 11.8 Å². The maximum atomic E-state index is 12.8. The lowest BCUT2D eigenvalue weighted by atomic mass is 9.88. The Morgan fingerprint density at radius 2 is 1.72 bits per heavy atom. The Labute approximate surface area is 155 Å². The SMILES string of the molecule is Cc1cc([C@@H](C)NC(=O)[C@H](NC(=O)C2CCCCC2)C(C)C)c(C)s1. The molecule has 0 aromatic carbocycles. The zero-order valence-electron chi connectivity index (χ0n) is 16.1. The van der Waals surface area contributed by atoms with Crippen LogP contribution in [0.25, 0.3) is 0 Å². The van der Waals surface area contributed by atoms with Crippen molar-refractivity contribution in [2.45, 2.75) is 78.8 Å². The molecule has 1 fully saturated rings. The number of nitrogens with one attached hydrogen (secondary N) is 2. The summed E-state index contributed by atoms with van der Waals surface area (Å²) >= 11 is 1.75. The van der Waals surface area contributed by atoms with Gasteiger partial charge in [-0.3, -0.25) is 9.59 Å². The summed E-state index contributed by atoms with van der Waals surface area (Å²) in [5, 5.41) is 6.11. The van der Waals surface area contributed by atoms with Crippen LogP contribution in [0.5, 0.6) is 0 Å². The summed E-state index contributed by atoms with van der Waals surface area (Å²) < 4.78 is 0. The number of carbonyl (C=O) groups is 2. The molecule has 1 aromatic heterocycles. The summed E-state index contributed by atoms with van der Waals surface area (Å²) in [4.78, 5) is 27.8. The van der Waals surface area contributed by atoms with Gasteiger partial charge in [0.1, 0.15) is 6.04 Å². The molecule has 1 aliphatic carbocycles. The van der Waals surface area contributed by atoms with Gasteiger partial charge in [-0.25, -0.2) is 0 Å². The zero-order chi connectivity index (χ0) is 18.6. The van der Waals surface area contributed by atoms with Crippen LogP contribution in [0.3, 0.4) is 0 Å². The first-order valence-corrected chi connectivity index (χ1v) is 10.3. The van der Waals surface area contributed by atoms with E-state index < -0.39 is 6.04 Å². The lowest BCUT2D eigenvalue weighted by molar-refractivity contribution is -0.133. The molecule has 0 bridgehead atoms. The fraction of sp³-hybridized carbons (Fsp3) is 0.700. The molecule has 0 unspecified atom stereocenters. The molecule has 0 radical (unpaired) electrons. The first-order valence-electron chi connectivity index (χ1n) is 9.47. The highest BCUT2D eigenvalue weighted by atomic mass is 32.1. The summed E-state index contributed by atoms with van der Waals surface area (Å²) in [6.07, 6.45) is 5.34. The van der Waals surface area contributed by atoms with Crippen LogP contribution in [0.2, 0.25) is 0 Å². The standard InChI is InChI=1S/C20H32N2O2S/c1-12(2)18(22-19(23)16-9-7-6-8-10-16)20(24)21-14(4)17-11-13(3)25-15(17)5/h11-12,14,16,18H,6-10H2,1-5H3,(H,21,24)(H,22,23)/t14-,18-/m1/s1. The van der Waals surface area contributed by atoms with Crippen LogP contribution in [0.15, 0.2) is 6.07 Å². The average Bonchev–Trinajstić information content (AvgIpc) is 2.91. The third-order valence-electron chi connectivity index (χ3n) is 5.13. The van der Waals surface area contributed by atoms with Gasteiger partial charge < -0.3 is 10.6 Å². The van der Waals surface area contributed by atoms with Crippen molar-refractivity contribution in [3.05, 3.63) is 21.4 Å². The molecule has 2 amide bonds. The Morgan fingerprint density at radius 3 is 2.24 bits per heavy atom. The van der Waals surface area contributed by atoms with Gasteiger partial charge in [-0.15, -0.1) is 11.3 Å². The molecule has 1 aliphatic rings. The predicted molar refractivity (Wildman–Crippen MR) is 104 cm³/mol. The third-order valence-corrected chi connectivity index (χ3v) is 6.11. The van der Waals surface area contributed by atoms with E-state index in [0.717, 1.165) is 31.2 Å². The molecular formula is C20H32N2O2S. The Bertz CT molecular complexity index is 603. The molecule has 5 heteroatoms. The minimum atomic E-state index is -0.475. The van der Waals surface area contributed by atoms with Crippen molar-refractivity contribution in [3.8, 4) is 0 Å². The first-order chi connectivity index (χ1) is 11.8. The first kappa shape index (κ1) is 20.0. The van der Waals surface area contributed by atoms with E-state index >= 15 is 0 Å². The molecule has 4 nitrogen and oxygen atoms in total. The van der Waals surface area contributed by atoms with E-state index in [1.165, 1.54) is 16.2 Å². The lowest BCUT2D eigenvalue weighted by Crippen LogP contribution is -2.51. The van der Waals surface area contributed by atoms with E-state index in [2.05, 4.69) is 30.5 Å². The summed E-state index contributed by atoms with van der Waals surface area (Å²) in [5.41, 5.74) is 1.16. The molecule has 0 saturated heterocycles. The predicted octanol–water partition coefficient (Wildman–Crippen LogP) is 4.26. The Morgan fingerprint density at radius 1 is 1.08 bits per heavy atom. The van der Waals surface area contributed by atoms with Crippen LogP contribution < -0.4 is 10.6 Å². The minimum Gasteiger partial charge on any atom is -0.348 e. The van der Waals surface area contributed by atoms with E-state index in [9.17, 15) is 9.59 Å². The number of aryl methyl sites for hydroxylation is 2. The normalized spacial score (nSPS) is 18.0. The molecule has 2 N–H and O–H groups in total. The van der Waals surface area contributed by atoms with E-state index in [1.807, 2.05) is 20.8 Å². The van der Waals surface area contributed by atoms with Crippen LogP contribution in [-0.2, 0) is 9.59 Å². The van der Waals surface area contributed by atoms with Gasteiger partial charge in [0.05, 0.1) is 6.04 Å². The van der Waals surface area contributed by atoms with Crippen LogP contribution in [0.4, 0.5) is 0 Å². The second-order valence-corrected chi connectivity index (χ2v) is 9.12. The number of rotatable bonds is 6. The molecule has 0 spiro atoms. The molecular weight excluding hydrogens is 332 g/mol. The van der Waals surface area contributed by atoms with Crippen molar-refractivity contribution in [3.63, 3.8) is 0 Å². The van der Waals surface area contributed by atoms with Crippen molar-refractivity contribution in [1.29, 1.82) is 0 Å². The Balaban J connectivity index is 1.99. The van der Waals surface area contributed by atoms with E-state index in [0.29, 0.717) is 0 Å². The maximum absolute atomic E-state index is 12.8.